The first kappa shape index (κ1) is 15.5. The van der Waals surface area contributed by atoms with Crippen LogP contribution in [0.2, 0.25) is 0 Å². The van der Waals surface area contributed by atoms with Gasteiger partial charge in [0, 0.05) is 46.7 Å². The molecule has 1 aliphatic heterocycles. The highest BCUT2D eigenvalue weighted by atomic mass is 32.2. The van der Waals surface area contributed by atoms with E-state index in [9.17, 15) is 13.8 Å². The molecular formula is C12H18N4O4S. The molecule has 1 atom stereocenters. The van der Waals surface area contributed by atoms with Gasteiger partial charge in [0.05, 0.1) is 6.33 Å². The van der Waals surface area contributed by atoms with Crippen LogP contribution in [0.3, 0.4) is 0 Å². The Labute approximate surface area is 124 Å². The first-order chi connectivity index (χ1) is 10.0. The third-order valence-electron chi connectivity index (χ3n) is 3.31. The van der Waals surface area contributed by atoms with Crippen LogP contribution in [0.5, 0.6) is 0 Å². The van der Waals surface area contributed by atoms with Gasteiger partial charge < -0.3 is 20.7 Å². The van der Waals surface area contributed by atoms with E-state index in [-0.39, 0.29) is 12.5 Å². The molecule has 1 aromatic heterocycles. The maximum absolute atomic E-state index is 11.8. The molecular weight excluding hydrogens is 296 g/mol. The van der Waals surface area contributed by atoms with Crippen LogP contribution in [0.15, 0.2) is 12.5 Å². The molecule has 116 valence electrons. The van der Waals surface area contributed by atoms with Gasteiger partial charge in [0.1, 0.15) is 6.04 Å². The molecule has 1 aliphatic rings. The fraction of sp³-hybridized carbons (Fsp3) is 0.583. The number of carboxylic acids is 1. The van der Waals surface area contributed by atoms with Crippen molar-refractivity contribution in [2.75, 3.05) is 11.5 Å². The molecule has 2 rings (SSSR count). The van der Waals surface area contributed by atoms with Gasteiger partial charge in [-0.2, -0.15) is 0 Å². The Bertz CT molecular complexity index is 509. The van der Waals surface area contributed by atoms with Crippen molar-refractivity contribution in [3.8, 4) is 0 Å². The Hall–Kier alpha value is -1.90. The molecule has 21 heavy (non-hydrogen) atoms. The van der Waals surface area contributed by atoms with Crippen molar-refractivity contribution in [1.82, 2.24) is 20.6 Å². The van der Waals surface area contributed by atoms with E-state index >= 15 is 0 Å². The average Bonchev–Trinajstić information content (AvgIpc) is 2.93. The second kappa shape index (κ2) is 7.21. The molecule has 1 fully saturated rings. The first-order valence-electron chi connectivity index (χ1n) is 6.66. The number of H-pyrrole nitrogens is 1. The molecule has 0 bridgehead atoms. The molecule has 0 unspecified atom stereocenters. The number of aliphatic carboxylic acids is 1. The Balaban J connectivity index is 1.83. The van der Waals surface area contributed by atoms with E-state index in [4.69, 9.17) is 5.11 Å². The highest BCUT2D eigenvalue weighted by Crippen LogP contribution is 2.09. The number of carboxylic acid groups (broad SMARTS) is 1. The Morgan fingerprint density at radius 3 is 2.76 bits per heavy atom. The van der Waals surface area contributed by atoms with E-state index in [0.29, 0.717) is 30.0 Å². The summed E-state index contributed by atoms with van der Waals surface area (Å²) in [5.41, 5.74) is 0.635. The minimum absolute atomic E-state index is 0.0516. The van der Waals surface area contributed by atoms with Gasteiger partial charge in [-0.15, -0.1) is 0 Å². The van der Waals surface area contributed by atoms with Gasteiger partial charge in [0.2, 0.25) is 0 Å². The lowest BCUT2D eigenvalue weighted by molar-refractivity contribution is -0.139. The van der Waals surface area contributed by atoms with E-state index in [2.05, 4.69) is 20.6 Å². The van der Waals surface area contributed by atoms with Crippen molar-refractivity contribution in [3.63, 3.8) is 0 Å². The molecule has 1 saturated heterocycles. The summed E-state index contributed by atoms with van der Waals surface area (Å²) in [5.74, 6) is 0.0348. The Morgan fingerprint density at radius 1 is 1.48 bits per heavy atom. The van der Waals surface area contributed by atoms with Crippen LogP contribution >= 0.6 is 0 Å². The predicted octanol–water partition coefficient (Wildman–Crippen LogP) is -0.384. The largest absolute Gasteiger partial charge is 0.480 e. The summed E-state index contributed by atoms with van der Waals surface area (Å²) < 4.78 is 11.2. The number of rotatable bonds is 5. The minimum Gasteiger partial charge on any atom is -0.480 e. The van der Waals surface area contributed by atoms with Gasteiger partial charge in [-0.05, 0) is 12.8 Å². The van der Waals surface area contributed by atoms with Crippen LogP contribution < -0.4 is 10.6 Å². The summed E-state index contributed by atoms with van der Waals surface area (Å²) >= 11 is 0. The number of carbonyl (C=O) groups is 2. The highest BCUT2D eigenvalue weighted by molar-refractivity contribution is 7.85. The molecule has 2 heterocycles. The summed E-state index contributed by atoms with van der Waals surface area (Å²) in [4.78, 5) is 29.6. The second-order valence-electron chi connectivity index (χ2n) is 4.91. The molecule has 2 amide bonds. The fourth-order valence-corrected chi connectivity index (χ4v) is 3.44. The highest BCUT2D eigenvalue weighted by Gasteiger charge is 2.24. The summed E-state index contributed by atoms with van der Waals surface area (Å²) in [6.07, 6.45) is 4.41. The van der Waals surface area contributed by atoms with E-state index in [1.807, 2.05) is 0 Å². The van der Waals surface area contributed by atoms with Crippen molar-refractivity contribution in [3.05, 3.63) is 18.2 Å². The molecule has 9 heteroatoms. The molecule has 0 spiro atoms. The molecule has 4 N–H and O–H groups in total. The van der Waals surface area contributed by atoms with Crippen LogP contribution in [-0.4, -0.2) is 54.9 Å². The third-order valence-corrected chi connectivity index (χ3v) is 4.69. The molecule has 0 radical (unpaired) electrons. The Morgan fingerprint density at radius 2 is 2.19 bits per heavy atom. The van der Waals surface area contributed by atoms with Crippen molar-refractivity contribution < 1.29 is 18.9 Å². The van der Waals surface area contributed by atoms with Gasteiger partial charge in [0.15, 0.2) is 0 Å². The van der Waals surface area contributed by atoms with Gasteiger partial charge in [0.25, 0.3) is 0 Å². The smallest absolute Gasteiger partial charge is 0.326 e. The van der Waals surface area contributed by atoms with Crippen LogP contribution in [0.1, 0.15) is 18.5 Å². The molecule has 0 aliphatic carbocycles. The zero-order chi connectivity index (χ0) is 15.2. The summed E-state index contributed by atoms with van der Waals surface area (Å²) in [7, 11) is -0.793. The summed E-state index contributed by atoms with van der Waals surface area (Å²) in [6, 6.07) is -1.59. The van der Waals surface area contributed by atoms with Gasteiger partial charge in [-0.25, -0.2) is 14.6 Å². The number of aromatic amines is 1. The van der Waals surface area contributed by atoms with Crippen LogP contribution in [0.25, 0.3) is 0 Å². The normalized spacial score (nSPS) is 23.2. The average molecular weight is 314 g/mol. The molecule has 0 saturated carbocycles. The summed E-state index contributed by atoms with van der Waals surface area (Å²) in [5, 5.41) is 14.3. The number of aromatic nitrogens is 2. The Kier molecular flexibility index (Phi) is 5.32. The minimum atomic E-state index is -1.11. The lowest BCUT2D eigenvalue weighted by Gasteiger charge is -2.23. The standard InChI is InChI=1S/C12H18N4O4S/c17-11(18)10(5-9-6-13-7-14-9)16-12(19)15-8-1-3-21(20)4-2-8/h6-8,10H,1-5H2,(H,13,14)(H,17,18)(H2,15,16,19)/t8?,10-,21?/m0/s1. The SMILES string of the molecule is O=C(NC1CCS(=O)CC1)N[C@@H](Cc1cnc[nH]1)C(=O)O. The number of amides is 2. The summed E-state index contributed by atoms with van der Waals surface area (Å²) in [6.45, 7) is 0. The third kappa shape index (κ3) is 4.85. The van der Waals surface area contributed by atoms with Crippen LogP contribution in [0, 0.1) is 0 Å². The van der Waals surface area contributed by atoms with Gasteiger partial charge in [-0.1, -0.05) is 0 Å². The van der Waals surface area contributed by atoms with E-state index in [1.54, 1.807) is 0 Å². The van der Waals surface area contributed by atoms with Crippen LogP contribution in [0.4, 0.5) is 4.79 Å². The first-order valence-corrected chi connectivity index (χ1v) is 8.15. The predicted molar refractivity (Wildman–Crippen MR) is 76.3 cm³/mol. The number of hydrogen-bond acceptors (Lipinski definition) is 4. The zero-order valence-electron chi connectivity index (χ0n) is 11.4. The van der Waals surface area contributed by atoms with E-state index < -0.39 is 28.8 Å². The van der Waals surface area contributed by atoms with E-state index in [1.165, 1.54) is 12.5 Å². The number of nitrogens with zero attached hydrogens (tertiary/aromatic N) is 1. The second-order valence-corrected chi connectivity index (χ2v) is 6.61. The number of carbonyl (C=O) groups excluding carboxylic acids is 1. The van der Waals surface area contributed by atoms with Gasteiger partial charge in [-0.3, -0.25) is 4.21 Å². The fourth-order valence-electron chi connectivity index (χ4n) is 2.14. The number of hydrogen-bond donors (Lipinski definition) is 4. The maximum atomic E-state index is 11.8. The van der Waals surface area contributed by atoms with E-state index in [0.717, 1.165) is 0 Å². The quantitative estimate of drug-likeness (QED) is 0.589. The monoisotopic (exact) mass is 314 g/mol. The van der Waals surface area contributed by atoms with Crippen molar-refractivity contribution in [1.29, 1.82) is 0 Å². The maximum Gasteiger partial charge on any atom is 0.326 e. The molecule has 0 aromatic carbocycles. The van der Waals surface area contributed by atoms with Crippen molar-refractivity contribution in [2.45, 2.75) is 31.3 Å². The number of urea groups is 1. The van der Waals surface area contributed by atoms with Gasteiger partial charge >= 0.3 is 12.0 Å². The lowest BCUT2D eigenvalue weighted by Crippen LogP contribution is -2.51. The molecule has 1 aromatic rings. The zero-order valence-corrected chi connectivity index (χ0v) is 12.2. The topological polar surface area (TPSA) is 124 Å². The van der Waals surface area contributed by atoms with Crippen molar-refractivity contribution in [2.24, 2.45) is 0 Å². The number of nitrogens with one attached hydrogen (secondary N) is 3. The number of imidazole rings is 1. The molecule has 8 nitrogen and oxygen atoms in total. The lowest BCUT2D eigenvalue weighted by atomic mass is 10.1. The van der Waals surface area contributed by atoms with Crippen molar-refractivity contribution >= 4 is 22.8 Å². The van der Waals surface area contributed by atoms with Crippen LogP contribution in [-0.2, 0) is 22.0 Å².